The van der Waals surface area contributed by atoms with Gasteiger partial charge in [0, 0.05) is 22.1 Å². The van der Waals surface area contributed by atoms with Gasteiger partial charge in [-0.2, -0.15) is 0 Å². The average Bonchev–Trinajstić information content (AvgIpc) is 3.50. The van der Waals surface area contributed by atoms with E-state index in [4.69, 9.17) is 9.15 Å². The van der Waals surface area contributed by atoms with Crippen molar-refractivity contribution in [3.63, 3.8) is 0 Å². The smallest absolute Gasteiger partial charge is 0.286 e. The third kappa shape index (κ3) is 4.16. The lowest BCUT2D eigenvalue weighted by Crippen LogP contribution is -2.25. The van der Waals surface area contributed by atoms with Gasteiger partial charge in [0.15, 0.2) is 0 Å². The van der Waals surface area contributed by atoms with Gasteiger partial charge in [-0.1, -0.05) is 36.0 Å². The molecule has 0 saturated carbocycles. The quantitative estimate of drug-likeness (QED) is 0.395. The largest absolute Gasteiger partial charge is 0.493 e. The second-order valence-electron chi connectivity index (χ2n) is 7.46. The predicted molar refractivity (Wildman–Crippen MR) is 126 cm³/mol. The van der Waals surface area contributed by atoms with Crippen LogP contribution >= 0.6 is 23.1 Å². The topological polar surface area (TPSA) is 81.4 Å². The number of carbonyl (C=O) groups is 2. The number of oxazole rings is 1. The number of aromatic nitrogens is 1. The Morgan fingerprint density at radius 2 is 1.97 bits per heavy atom. The molecule has 1 saturated heterocycles. The van der Waals surface area contributed by atoms with Crippen LogP contribution in [0.15, 0.2) is 58.3 Å². The fourth-order valence-corrected chi connectivity index (χ4v) is 5.51. The highest BCUT2D eigenvalue weighted by atomic mass is 32.2. The van der Waals surface area contributed by atoms with Gasteiger partial charge in [0.05, 0.1) is 17.6 Å². The van der Waals surface area contributed by atoms with Gasteiger partial charge >= 0.3 is 0 Å². The summed E-state index contributed by atoms with van der Waals surface area (Å²) in [4.78, 5) is 28.0. The molecule has 0 unspecified atom stereocenters. The molecular formula is C24H20N2O4S2. The third-order valence-electron chi connectivity index (χ3n) is 5.34. The van der Waals surface area contributed by atoms with Crippen molar-refractivity contribution in [1.82, 2.24) is 10.3 Å². The Morgan fingerprint density at radius 3 is 2.75 bits per heavy atom. The molecule has 2 aromatic heterocycles. The number of fused-ring (bicyclic) bond motifs is 1. The van der Waals surface area contributed by atoms with Crippen molar-refractivity contribution in [2.24, 2.45) is 0 Å². The SMILES string of the molecule is Cc1oc(-c2ccccc2)nc1CCOc1ccc(C[C@H]2SC(=O)NC2=O)c2sccc12. The number of hydrogen-bond acceptors (Lipinski definition) is 7. The first-order valence-corrected chi connectivity index (χ1v) is 12.0. The zero-order chi connectivity index (χ0) is 22.1. The van der Waals surface area contributed by atoms with Crippen LogP contribution in [-0.4, -0.2) is 28.0 Å². The number of nitrogens with one attached hydrogen (secondary N) is 1. The standard InChI is InChI=1S/C24H20N2O4S2/c1-14-18(25-23(30-14)15-5-3-2-4-6-15)9-11-29-19-8-7-16(21-17(19)10-12-31-21)13-20-22(27)26-24(28)32-20/h2-8,10,12,20H,9,11,13H2,1H3,(H,26,27,28)/t20-/m1/s1. The molecule has 2 amide bonds. The lowest BCUT2D eigenvalue weighted by Gasteiger charge is -2.11. The normalized spacial score (nSPS) is 16.0. The van der Waals surface area contributed by atoms with Crippen LogP contribution in [0.4, 0.5) is 4.79 Å². The number of hydrogen-bond donors (Lipinski definition) is 1. The van der Waals surface area contributed by atoms with E-state index in [0.29, 0.717) is 25.3 Å². The highest BCUT2D eigenvalue weighted by Crippen LogP contribution is 2.35. The first-order valence-electron chi connectivity index (χ1n) is 10.2. The fraction of sp³-hybridized carbons (Fsp3) is 0.208. The van der Waals surface area contributed by atoms with Crippen LogP contribution in [0.2, 0.25) is 0 Å². The number of carbonyl (C=O) groups excluding carboxylic acids is 2. The fourth-order valence-electron chi connectivity index (χ4n) is 3.73. The molecule has 0 radical (unpaired) electrons. The number of benzene rings is 2. The molecule has 1 N–H and O–H groups in total. The lowest BCUT2D eigenvalue weighted by molar-refractivity contribution is -0.118. The maximum atomic E-state index is 11.9. The molecule has 162 valence electrons. The van der Waals surface area contributed by atoms with Crippen molar-refractivity contribution in [3.05, 3.63) is 70.9 Å². The first kappa shape index (κ1) is 20.8. The first-order chi connectivity index (χ1) is 15.6. The zero-order valence-electron chi connectivity index (χ0n) is 17.3. The minimum absolute atomic E-state index is 0.220. The zero-order valence-corrected chi connectivity index (χ0v) is 18.9. The molecule has 0 aliphatic carbocycles. The average molecular weight is 465 g/mol. The molecule has 1 aliphatic heterocycles. The summed E-state index contributed by atoms with van der Waals surface area (Å²) in [6.45, 7) is 2.39. The number of amides is 2. The molecule has 32 heavy (non-hydrogen) atoms. The highest BCUT2D eigenvalue weighted by molar-refractivity contribution is 8.15. The van der Waals surface area contributed by atoms with E-state index in [-0.39, 0.29) is 16.4 Å². The van der Waals surface area contributed by atoms with E-state index in [1.54, 1.807) is 11.3 Å². The van der Waals surface area contributed by atoms with Crippen molar-refractivity contribution >= 4 is 44.3 Å². The summed E-state index contributed by atoms with van der Waals surface area (Å²) in [5.41, 5.74) is 2.88. The number of aryl methyl sites for hydroxylation is 1. The maximum absolute atomic E-state index is 11.9. The summed E-state index contributed by atoms with van der Waals surface area (Å²) < 4.78 is 13.0. The van der Waals surface area contributed by atoms with Gasteiger partial charge in [0.2, 0.25) is 11.8 Å². The Kier molecular flexibility index (Phi) is 5.71. The molecule has 5 rings (SSSR count). The van der Waals surface area contributed by atoms with Crippen molar-refractivity contribution < 1.29 is 18.7 Å². The molecule has 1 atom stereocenters. The van der Waals surface area contributed by atoms with Crippen LogP contribution in [0, 0.1) is 6.92 Å². The molecule has 1 fully saturated rings. The van der Waals surface area contributed by atoms with Gasteiger partial charge in [-0.3, -0.25) is 14.9 Å². The van der Waals surface area contributed by atoms with E-state index < -0.39 is 0 Å². The highest BCUT2D eigenvalue weighted by Gasteiger charge is 2.32. The van der Waals surface area contributed by atoms with Crippen LogP contribution in [0.1, 0.15) is 17.0 Å². The molecule has 0 spiro atoms. The van der Waals surface area contributed by atoms with E-state index in [1.807, 2.05) is 60.8 Å². The van der Waals surface area contributed by atoms with E-state index in [9.17, 15) is 9.59 Å². The summed E-state index contributed by atoms with van der Waals surface area (Å²) in [6, 6.07) is 15.8. The van der Waals surface area contributed by atoms with Crippen LogP contribution in [0.25, 0.3) is 21.5 Å². The minimum atomic E-state index is -0.381. The number of thioether (sulfide) groups is 1. The third-order valence-corrected chi connectivity index (χ3v) is 7.31. The van der Waals surface area contributed by atoms with Crippen LogP contribution in [-0.2, 0) is 17.6 Å². The van der Waals surface area contributed by atoms with E-state index in [2.05, 4.69) is 10.3 Å². The number of nitrogens with zero attached hydrogens (tertiary/aromatic N) is 1. The number of rotatable bonds is 7. The molecule has 2 aromatic carbocycles. The number of thiophene rings is 1. The van der Waals surface area contributed by atoms with Crippen molar-refractivity contribution in [1.29, 1.82) is 0 Å². The van der Waals surface area contributed by atoms with Gasteiger partial charge in [-0.05, 0) is 48.6 Å². The van der Waals surface area contributed by atoms with Gasteiger partial charge in [0.25, 0.3) is 5.24 Å². The monoisotopic (exact) mass is 464 g/mol. The van der Waals surface area contributed by atoms with Gasteiger partial charge in [0.1, 0.15) is 11.5 Å². The Labute approximate surface area is 193 Å². The van der Waals surface area contributed by atoms with Crippen molar-refractivity contribution in [2.45, 2.75) is 25.0 Å². The number of imide groups is 1. The molecule has 0 bridgehead atoms. The van der Waals surface area contributed by atoms with E-state index in [0.717, 1.165) is 50.2 Å². The Bertz CT molecular complexity index is 1300. The molecule has 3 heterocycles. The maximum Gasteiger partial charge on any atom is 0.286 e. The van der Waals surface area contributed by atoms with E-state index in [1.165, 1.54) is 0 Å². The lowest BCUT2D eigenvalue weighted by atomic mass is 10.1. The summed E-state index contributed by atoms with van der Waals surface area (Å²) in [5, 5.41) is 4.73. The second kappa shape index (κ2) is 8.80. The Hall–Kier alpha value is -3.10. The van der Waals surface area contributed by atoms with Crippen molar-refractivity contribution in [3.8, 4) is 17.2 Å². The summed E-state index contributed by atoms with van der Waals surface area (Å²) >= 11 is 2.67. The Morgan fingerprint density at radius 1 is 1.12 bits per heavy atom. The van der Waals surface area contributed by atoms with E-state index >= 15 is 0 Å². The van der Waals surface area contributed by atoms with Gasteiger partial charge < -0.3 is 9.15 Å². The molecule has 4 aromatic rings. The number of ether oxygens (including phenoxy) is 1. The van der Waals surface area contributed by atoms with Gasteiger partial charge in [-0.15, -0.1) is 11.3 Å². The Balaban J connectivity index is 1.28. The summed E-state index contributed by atoms with van der Waals surface area (Å²) in [6.07, 6.45) is 1.15. The second-order valence-corrected chi connectivity index (χ2v) is 9.55. The minimum Gasteiger partial charge on any atom is -0.493 e. The summed E-state index contributed by atoms with van der Waals surface area (Å²) in [7, 11) is 0. The molecular weight excluding hydrogens is 444 g/mol. The van der Waals surface area contributed by atoms with Crippen LogP contribution in [0.3, 0.4) is 0 Å². The summed E-state index contributed by atoms with van der Waals surface area (Å²) in [5.74, 6) is 2.00. The molecule has 8 heteroatoms. The van der Waals surface area contributed by atoms with Crippen molar-refractivity contribution in [2.75, 3.05) is 6.61 Å². The van der Waals surface area contributed by atoms with Gasteiger partial charge in [-0.25, -0.2) is 4.98 Å². The molecule has 6 nitrogen and oxygen atoms in total. The molecule has 1 aliphatic rings. The van der Waals surface area contributed by atoms with Crippen LogP contribution in [0.5, 0.6) is 5.75 Å². The predicted octanol–water partition coefficient (Wildman–Crippen LogP) is 5.38. The van der Waals surface area contributed by atoms with Crippen LogP contribution < -0.4 is 10.1 Å².